The Labute approximate surface area is 195 Å². The fourth-order valence-corrected chi connectivity index (χ4v) is 7.99. The van der Waals surface area contributed by atoms with E-state index >= 15 is 0 Å². The Morgan fingerprint density at radius 1 is 0.697 bits per heavy atom. The molecule has 0 bridgehead atoms. The minimum absolute atomic E-state index is 0.686. The second-order valence-corrected chi connectivity index (χ2v) is 11.4. The van der Waals surface area contributed by atoms with Crippen LogP contribution < -0.4 is 44.9 Å². The van der Waals surface area contributed by atoms with Gasteiger partial charge >= 0.3 is 0 Å². The summed E-state index contributed by atoms with van der Waals surface area (Å²) in [7, 11) is -3.14. The summed E-state index contributed by atoms with van der Waals surface area (Å²) in [5.41, 5.74) is 1.01. The molecule has 172 valence electrons. The van der Waals surface area contributed by atoms with Gasteiger partial charge in [-0.3, -0.25) is 0 Å². The first-order valence-electron chi connectivity index (χ1n) is 9.97. The van der Waals surface area contributed by atoms with E-state index < -0.39 is 17.5 Å². The lowest BCUT2D eigenvalue weighted by atomic mass is 10.4. The molecule has 7 nitrogen and oxygen atoms in total. The minimum atomic E-state index is -4.94. The molecule has 0 atom stereocenters. The van der Waals surface area contributed by atoms with Crippen LogP contribution in [0.2, 0.25) is 0 Å². The quantitative estimate of drug-likeness (QED) is 0.329. The number of rotatable bonds is 5. The first-order chi connectivity index (χ1) is 15.6. The molecule has 1 heterocycles. The molecular weight excluding hydrogens is 463 g/mol. The zero-order valence-corrected chi connectivity index (χ0v) is 20.1. The van der Waals surface area contributed by atoms with Gasteiger partial charge in [0.15, 0.2) is 13.2 Å². The molecule has 3 aromatic carbocycles. The molecule has 4 rings (SSSR count). The smallest absolute Gasteiger partial charge is 0.261 e. The molecule has 0 aliphatic rings. The van der Waals surface area contributed by atoms with Crippen LogP contribution in [-0.2, 0) is 0 Å². The molecule has 4 aromatic rings. The van der Waals surface area contributed by atoms with Gasteiger partial charge in [0, 0.05) is 21.0 Å². The summed E-state index contributed by atoms with van der Waals surface area (Å²) in [5, 5.41) is 3.80. The van der Waals surface area contributed by atoms with Crippen LogP contribution in [0.1, 0.15) is 5.89 Å². The van der Waals surface area contributed by atoms with Gasteiger partial charge in [-0.15, -0.1) is 10.2 Å². The largest absolute Gasteiger partial charge is 0.421 e. The van der Waals surface area contributed by atoms with Crippen molar-refractivity contribution in [2.24, 2.45) is 0 Å². The van der Waals surface area contributed by atoms with Crippen molar-refractivity contribution in [2.45, 2.75) is 6.92 Å². The molecule has 0 amide bonds. The summed E-state index contributed by atoms with van der Waals surface area (Å²) in [6.07, 6.45) is 0. The Hall–Kier alpha value is -2.77. The van der Waals surface area contributed by atoms with Gasteiger partial charge in [0.1, 0.15) is 15.9 Å². The fraction of sp³-hybridized carbons (Fsp3) is 0.125. The summed E-state index contributed by atoms with van der Waals surface area (Å²) < 4.78 is 40.1. The number of anilines is 1. The predicted octanol–water partition coefficient (Wildman–Crippen LogP) is -1.09. The highest BCUT2D eigenvalue weighted by molar-refractivity contribution is 8.01. The number of benzene rings is 3. The van der Waals surface area contributed by atoms with Crippen molar-refractivity contribution in [3.63, 3.8) is 0 Å². The maximum Gasteiger partial charge on any atom is 0.261 e. The molecule has 1 aromatic heterocycles. The SMILES string of the molecule is Cc1nc([P+](c2ccccc2)(c2ccccc2)c2ccccc2)c(N(C)C)o1.[O-][Cl+3]([O-])([O-])[O-]. The van der Waals surface area contributed by atoms with Crippen LogP contribution in [0.15, 0.2) is 95.4 Å². The van der Waals surface area contributed by atoms with Gasteiger partial charge in [0.25, 0.3) is 11.3 Å². The van der Waals surface area contributed by atoms with Gasteiger partial charge in [-0.05, 0) is 36.4 Å². The molecule has 0 saturated carbocycles. The van der Waals surface area contributed by atoms with E-state index in [1.807, 2.05) is 25.9 Å². The molecule has 0 aliphatic carbocycles. The van der Waals surface area contributed by atoms with E-state index in [4.69, 9.17) is 28.0 Å². The highest BCUT2D eigenvalue weighted by Gasteiger charge is 2.53. The average molecular weight is 487 g/mol. The van der Waals surface area contributed by atoms with Crippen LogP contribution in [0, 0.1) is 17.2 Å². The fourth-order valence-electron chi connectivity index (χ4n) is 3.68. The predicted molar refractivity (Wildman–Crippen MR) is 120 cm³/mol. The third kappa shape index (κ3) is 5.78. The number of halogens is 1. The van der Waals surface area contributed by atoms with Gasteiger partial charge in [-0.25, -0.2) is 18.6 Å². The second kappa shape index (κ2) is 10.4. The van der Waals surface area contributed by atoms with Crippen LogP contribution in [0.5, 0.6) is 0 Å². The van der Waals surface area contributed by atoms with Gasteiger partial charge in [-0.1, -0.05) is 54.6 Å². The monoisotopic (exact) mass is 486 g/mol. The highest BCUT2D eigenvalue weighted by Crippen LogP contribution is 2.55. The van der Waals surface area contributed by atoms with E-state index in [9.17, 15) is 0 Å². The molecule has 33 heavy (non-hydrogen) atoms. The van der Waals surface area contributed by atoms with Crippen molar-refractivity contribution in [1.29, 1.82) is 0 Å². The van der Waals surface area contributed by atoms with Crippen LogP contribution >= 0.6 is 7.26 Å². The normalized spacial score (nSPS) is 11.5. The van der Waals surface area contributed by atoms with Crippen LogP contribution in [0.3, 0.4) is 0 Å². The molecule has 0 N–H and O–H groups in total. The van der Waals surface area contributed by atoms with Crippen molar-refractivity contribution < 1.29 is 33.3 Å². The van der Waals surface area contributed by atoms with E-state index in [2.05, 4.69) is 91.0 Å². The standard InChI is InChI=1S/C24H24N2OP.ClHO4/c1-19-25-23(24(27-19)26(2)3)28(20-13-7-4-8-14-20,21-15-9-5-10-16-21)22-17-11-6-12-18-22;2-1(3,4)5/h4-18H,1-3H3;(H,2,3,4,5)/q+1;/p-1. The summed E-state index contributed by atoms with van der Waals surface area (Å²) >= 11 is 0. The summed E-state index contributed by atoms with van der Waals surface area (Å²) in [6.45, 7) is 1.92. The molecule has 0 aliphatic heterocycles. The number of aryl methyl sites for hydroxylation is 1. The van der Waals surface area contributed by atoms with Gasteiger partial charge in [-0.2, -0.15) is 4.98 Å². The number of hydrogen-bond acceptors (Lipinski definition) is 7. The number of oxazole rings is 1. The van der Waals surface area contributed by atoms with Crippen molar-refractivity contribution in [2.75, 3.05) is 19.0 Å². The number of nitrogens with zero attached hydrogens (tertiary/aromatic N) is 2. The Morgan fingerprint density at radius 3 is 1.33 bits per heavy atom. The summed E-state index contributed by atoms with van der Waals surface area (Å²) in [4.78, 5) is 7.00. The second-order valence-electron chi connectivity index (χ2n) is 7.31. The Morgan fingerprint density at radius 2 is 1.03 bits per heavy atom. The first kappa shape index (κ1) is 24.9. The van der Waals surface area contributed by atoms with E-state index in [-0.39, 0.29) is 0 Å². The topological polar surface area (TPSA) is 122 Å². The lowest BCUT2D eigenvalue weighted by molar-refractivity contribution is -2.00. The van der Waals surface area contributed by atoms with E-state index in [1.54, 1.807) is 0 Å². The van der Waals surface area contributed by atoms with Crippen molar-refractivity contribution in [3.05, 3.63) is 96.9 Å². The lowest BCUT2D eigenvalue weighted by Crippen LogP contribution is -2.68. The van der Waals surface area contributed by atoms with Gasteiger partial charge in [0.05, 0.1) is 0 Å². The third-order valence-corrected chi connectivity index (χ3v) is 9.00. The Bertz CT molecular complexity index is 1050. The molecule has 0 unspecified atom stereocenters. The maximum absolute atomic E-state index is 8.49. The minimum Gasteiger partial charge on any atom is -0.421 e. The zero-order chi connectivity index (χ0) is 24.1. The average Bonchev–Trinajstić information content (AvgIpc) is 3.18. The summed E-state index contributed by atoms with van der Waals surface area (Å²) in [6, 6.07) is 32.2. The van der Waals surface area contributed by atoms with Crippen LogP contribution in [-0.4, -0.2) is 19.1 Å². The highest BCUT2D eigenvalue weighted by atomic mass is 35.7. The first-order valence-corrected chi connectivity index (χ1v) is 13.0. The zero-order valence-electron chi connectivity index (χ0n) is 18.4. The number of hydrogen-bond donors (Lipinski definition) is 0. The summed E-state index contributed by atoms with van der Waals surface area (Å²) in [5.74, 6) is 1.51. The van der Waals surface area contributed by atoms with Crippen LogP contribution in [0.4, 0.5) is 5.88 Å². The third-order valence-electron chi connectivity index (χ3n) is 4.85. The number of aromatic nitrogens is 1. The van der Waals surface area contributed by atoms with Gasteiger partial charge in [0.2, 0.25) is 0 Å². The molecular formula is C24H24ClN2O5P. The van der Waals surface area contributed by atoms with E-state index in [1.165, 1.54) is 15.9 Å². The lowest BCUT2D eigenvalue weighted by Gasteiger charge is -2.26. The Balaban J connectivity index is 0.000000555. The molecule has 0 saturated heterocycles. The molecule has 0 radical (unpaired) electrons. The van der Waals surface area contributed by atoms with Gasteiger partial charge < -0.3 is 9.32 Å². The molecule has 0 spiro atoms. The van der Waals surface area contributed by atoms with Crippen molar-refractivity contribution in [1.82, 2.24) is 4.98 Å². The molecule has 0 fully saturated rings. The molecule has 9 heteroatoms. The van der Waals surface area contributed by atoms with Crippen LogP contribution in [0.25, 0.3) is 0 Å². The maximum atomic E-state index is 8.49. The van der Waals surface area contributed by atoms with E-state index in [0.717, 1.165) is 11.3 Å². The Kier molecular flexibility index (Phi) is 7.87. The van der Waals surface area contributed by atoms with Crippen molar-refractivity contribution in [3.8, 4) is 0 Å². The van der Waals surface area contributed by atoms with E-state index in [0.29, 0.717) is 5.89 Å². The van der Waals surface area contributed by atoms with Crippen molar-refractivity contribution >= 4 is 34.5 Å².